The molecule has 5 rings (SSSR count). The Morgan fingerprint density at radius 2 is 1.77 bits per heavy atom. The van der Waals surface area contributed by atoms with Gasteiger partial charge in [-0.05, 0) is 74.5 Å². The maximum Gasteiger partial charge on any atom is 0.416 e. The third-order valence-electron chi connectivity index (χ3n) is 8.29. The van der Waals surface area contributed by atoms with Gasteiger partial charge in [-0.25, -0.2) is 4.98 Å². The van der Waals surface area contributed by atoms with Crippen molar-refractivity contribution in [1.29, 1.82) is 0 Å². The first kappa shape index (κ1) is 34.1. The topological polar surface area (TPSA) is 77.6 Å². The second-order valence-electron chi connectivity index (χ2n) is 12.2. The van der Waals surface area contributed by atoms with Crippen molar-refractivity contribution in [3.8, 4) is 0 Å². The lowest BCUT2D eigenvalue weighted by atomic mass is 10.0. The summed E-state index contributed by atoms with van der Waals surface area (Å²) in [6.45, 7) is 3.32. The summed E-state index contributed by atoms with van der Waals surface area (Å²) in [7, 11) is 3.74. The van der Waals surface area contributed by atoms with Crippen LogP contribution in [0.5, 0.6) is 0 Å². The molecule has 0 aliphatic carbocycles. The molecule has 1 saturated heterocycles. The van der Waals surface area contributed by atoms with E-state index in [2.05, 4.69) is 15.6 Å². The number of alkyl halides is 3. The second kappa shape index (κ2) is 15.1. The standard InChI is InChI=1S/C36H40F3N5O2S/c1-24-23-47-34(41-24)32-13-8-16-44(32)35(46)28-19-27(20-31(21-28)43(2)3)33(45)42-30(18-25-9-5-4-6-10-25)14-15-40-22-26-11-7-12-29(17-26)36(37,38)39/h4-7,9-12,17,19-21,23,30,32,40H,8,13-16,18,22H2,1-3H3,(H,42,45)/t30-,32-/m1/s1. The average Bonchev–Trinajstić information content (AvgIpc) is 3.72. The molecule has 248 valence electrons. The highest BCUT2D eigenvalue weighted by Gasteiger charge is 2.33. The Morgan fingerprint density at radius 1 is 1.02 bits per heavy atom. The van der Waals surface area contributed by atoms with Gasteiger partial charge in [0, 0.05) is 61.1 Å². The molecule has 1 aliphatic rings. The Hall–Kier alpha value is -4.22. The van der Waals surface area contributed by atoms with Crippen LogP contribution in [0.25, 0.3) is 0 Å². The predicted molar refractivity (Wildman–Crippen MR) is 180 cm³/mol. The lowest BCUT2D eigenvalue weighted by molar-refractivity contribution is -0.137. The van der Waals surface area contributed by atoms with Crippen molar-refractivity contribution < 1.29 is 22.8 Å². The molecule has 11 heteroatoms. The number of hydrogen-bond acceptors (Lipinski definition) is 6. The van der Waals surface area contributed by atoms with Crippen LogP contribution in [-0.4, -0.2) is 54.9 Å². The Morgan fingerprint density at radius 3 is 2.47 bits per heavy atom. The molecule has 3 aromatic carbocycles. The predicted octanol–water partition coefficient (Wildman–Crippen LogP) is 7.03. The number of carbonyl (C=O) groups excluding carboxylic acids is 2. The third kappa shape index (κ3) is 8.99. The number of benzene rings is 3. The van der Waals surface area contributed by atoms with Crippen LogP contribution < -0.4 is 15.5 Å². The van der Waals surface area contributed by atoms with Gasteiger partial charge in [0.05, 0.1) is 11.6 Å². The van der Waals surface area contributed by atoms with Crippen LogP contribution >= 0.6 is 11.3 Å². The first-order chi connectivity index (χ1) is 22.5. The molecule has 2 heterocycles. The Kier molecular flexibility index (Phi) is 11.0. The maximum atomic E-state index is 13.9. The number of hydrogen-bond donors (Lipinski definition) is 2. The Bertz CT molecular complexity index is 1670. The summed E-state index contributed by atoms with van der Waals surface area (Å²) >= 11 is 1.57. The van der Waals surface area contributed by atoms with Crippen molar-refractivity contribution in [3.63, 3.8) is 0 Å². The van der Waals surface area contributed by atoms with Gasteiger partial charge < -0.3 is 20.4 Å². The molecular weight excluding hydrogens is 623 g/mol. The van der Waals surface area contributed by atoms with Crippen LogP contribution in [0.2, 0.25) is 0 Å². The minimum Gasteiger partial charge on any atom is -0.378 e. The Labute approximate surface area is 277 Å². The van der Waals surface area contributed by atoms with E-state index in [4.69, 9.17) is 0 Å². The average molecular weight is 664 g/mol. The molecule has 2 atom stereocenters. The summed E-state index contributed by atoms with van der Waals surface area (Å²) in [6.07, 6.45) is -1.55. The monoisotopic (exact) mass is 663 g/mol. The summed E-state index contributed by atoms with van der Waals surface area (Å²) in [5.74, 6) is -0.423. The van der Waals surface area contributed by atoms with E-state index in [0.717, 1.165) is 46.9 Å². The summed E-state index contributed by atoms with van der Waals surface area (Å²) in [5.41, 5.74) is 3.41. The number of aryl methyl sites for hydroxylation is 1. The van der Waals surface area contributed by atoms with E-state index >= 15 is 0 Å². The van der Waals surface area contributed by atoms with E-state index in [1.54, 1.807) is 29.5 Å². The summed E-state index contributed by atoms with van der Waals surface area (Å²) in [6, 6.07) is 20.0. The van der Waals surface area contributed by atoms with Crippen LogP contribution in [0, 0.1) is 6.92 Å². The van der Waals surface area contributed by atoms with Crippen LogP contribution in [0.15, 0.2) is 78.2 Å². The zero-order chi connectivity index (χ0) is 33.6. The van der Waals surface area contributed by atoms with Gasteiger partial charge in [0.2, 0.25) is 0 Å². The zero-order valence-corrected chi connectivity index (χ0v) is 27.6. The SMILES string of the molecule is Cc1csc([C@H]2CCCN2C(=O)c2cc(C(=O)N[C@H](CCNCc3cccc(C(F)(F)F)c3)Cc3ccccc3)cc(N(C)C)c2)n1. The molecule has 2 amide bonds. The Balaban J connectivity index is 1.31. The van der Waals surface area contributed by atoms with Gasteiger partial charge in [-0.3, -0.25) is 9.59 Å². The number of likely N-dealkylation sites (tertiary alicyclic amines) is 1. The quantitative estimate of drug-likeness (QED) is 0.159. The van der Waals surface area contributed by atoms with Crippen LogP contribution in [0.4, 0.5) is 18.9 Å². The van der Waals surface area contributed by atoms with Crippen molar-refractivity contribution >= 4 is 28.8 Å². The molecule has 0 spiro atoms. The largest absolute Gasteiger partial charge is 0.416 e. The van der Waals surface area contributed by atoms with E-state index < -0.39 is 11.7 Å². The molecule has 0 saturated carbocycles. The van der Waals surface area contributed by atoms with Gasteiger partial charge in [-0.1, -0.05) is 48.5 Å². The number of amides is 2. The highest BCUT2D eigenvalue weighted by molar-refractivity contribution is 7.09. The molecular formula is C36H40F3N5O2S. The van der Waals surface area contributed by atoms with Gasteiger partial charge >= 0.3 is 6.18 Å². The van der Waals surface area contributed by atoms with Crippen molar-refractivity contribution in [2.24, 2.45) is 0 Å². The first-order valence-corrected chi connectivity index (χ1v) is 16.6. The van der Waals surface area contributed by atoms with E-state index in [-0.39, 0.29) is 30.4 Å². The number of rotatable bonds is 12. The number of anilines is 1. The molecule has 0 radical (unpaired) electrons. The van der Waals surface area contributed by atoms with Crippen LogP contribution in [-0.2, 0) is 19.1 Å². The van der Waals surface area contributed by atoms with E-state index in [0.29, 0.717) is 42.6 Å². The smallest absolute Gasteiger partial charge is 0.378 e. The van der Waals surface area contributed by atoms with Gasteiger partial charge in [0.15, 0.2) is 0 Å². The molecule has 2 N–H and O–H groups in total. The summed E-state index contributed by atoms with van der Waals surface area (Å²) in [4.78, 5) is 36.1. The number of thiazole rings is 1. The lowest BCUT2D eigenvalue weighted by Crippen LogP contribution is -2.39. The molecule has 0 bridgehead atoms. The lowest BCUT2D eigenvalue weighted by Gasteiger charge is -2.25. The van der Waals surface area contributed by atoms with E-state index in [1.807, 2.05) is 72.6 Å². The van der Waals surface area contributed by atoms with Crippen molar-refractivity contribution in [1.82, 2.24) is 20.5 Å². The van der Waals surface area contributed by atoms with Crippen LogP contribution in [0.3, 0.4) is 0 Å². The molecule has 1 aliphatic heterocycles. The molecule has 7 nitrogen and oxygen atoms in total. The fourth-order valence-electron chi connectivity index (χ4n) is 5.84. The highest BCUT2D eigenvalue weighted by atomic mass is 32.1. The third-order valence-corrected chi connectivity index (χ3v) is 9.36. The molecule has 1 aromatic heterocycles. The second-order valence-corrected chi connectivity index (χ2v) is 13.1. The minimum absolute atomic E-state index is 0.0832. The number of nitrogens with one attached hydrogen (secondary N) is 2. The van der Waals surface area contributed by atoms with Gasteiger partial charge in [-0.15, -0.1) is 11.3 Å². The fourth-order valence-corrected chi connectivity index (χ4v) is 6.78. The van der Waals surface area contributed by atoms with Crippen LogP contribution in [0.1, 0.15) is 73.4 Å². The van der Waals surface area contributed by atoms with Gasteiger partial charge in [0.25, 0.3) is 11.8 Å². The zero-order valence-electron chi connectivity index (χ0n) is 26.8. The van der Waals surface area contributed by atoms with Gasteiger partial charge in [0.1, 0.15) is 5.01 Å². The first-order valence-electron chi connectivity index (χ1n) is 15.7. The molecule has 1 fully saturated rings. The normalized spacial score (nSPS) is 15.4. The molecule has 47 heavy (non-hydrogen) atoms. The van der Waals surface area contributed by atoms with E-state index in [9.17, 15) is 22.8 Å². The highest BCUT2D eigenvalue weighted by Crippen LogP contribution is 2.35. The minimum atomic E-state index is -4.40. The maximum absolute atomic E-state index is 13.9. The number of nitrogens with zero attached hydrogens (tertiary/aromatic N) is 3. The van der Waals surface area contributed by atoms with Gasteiger partial charge in [-0.2, -0.15) is 13.2 Å². The summed E-state index contributed by atoms with van der Waals surface area (Å²) < 4.78 is 39.4. The van der Waals surface area contributed by atoms with Crippen molar-refractivity contribution in [2.75, 3.05) is 32.1 Å². The fraction of sp³-hybridized carbons (Fsp3) is 0.361. The molecule has 0 unspecified atom stereocenters. The number of carbonyl (C=O) groups is 2. The molecule has 4 aromatic rings. The van der Waals surface area contributed by atoms with E-state index in [1.165, 1.54) is 6.07 Å². The number of aromatic nitrogens is 1. The number of halogens is 3. The van der Waals surface area contributed by atoms with Crippen molar-refractivity contribution in [3.05, 3.63) is 117 Å². The van der Waals surface area contributed by atoms with Crippen molar-refractivity contribution in [2.45, 2.75) is 57.4 Å². The summed E-state index contributed by atoms with van der Waals surface area (Å²) in [5, 5.41) is 9.33.